The summed E-state index contributed by atoms with van der Waals surface area (Å²) < 4.78 is 13.9. The number of amidine groups is 1. The number of hydrogen-bond acceptors (Lipinski definition) is 5. The van der Waals surface area contributed by atoms with Crippen LogP contribution in [0.25, 0.3) is 0 Å². The second kappa shape index (κ2) is 10.4. The number of carbonyl (C=O) groups excluding carboxylic acids is 2. The Morgan fingerprint density at radius 2 is 1.88 bits per heavy atom. The highest BCUT2D eigenvalue weighted by Gasteiger charge is 2.39. The molecule has 4 rings (SSSR count). The van der Waals surface area contributed by atoms with E-state index in [1.807, 2.05) is 42.5 Å². The molecule has 8 heteroatoms. The Bertz CT molecular complexity index is 1170. The second-order valence-electron chi connectivity index (χ2n) is 7.50. The molecule has 1 aliphatic rings. The lowest BCUT2D eigenvalue weighted by atomic mass is 10.2. The number of anilines is 1. The lowest BCUT2D eigenvalue weighted by molar-refractivity contribution is -0.128. The first-order chi connectivity index (χ1) is 16.0. The molecule has 33 heavy (non-hydrogen) atoms. The minimum atomic E-state index is -0.658. The van der Waals surface area contributed by atoms with Crippen molar-refractivity contribution in [2.24, 2.45) is 4.99 Å². The monoisotopic (exact) mass is 462 g/mol. The minimum absolute atomic E-state index is 0.0909. The first kappa shape index (κ1) is 22.7. The fourth-order valence-corrected chi connectivity index (χ4v) is 4.53. The maximum Gasteiger partial charge on any atom is 0.243 e. The molecule has 1 aliphatic heterocycles. The molecule has 2 aromatic carbocycles. The highest BCUT2D eigenvalue weighted by molar-refractivity contribution is 8.15. The molecule has 1 unspecified atom stereocenters. The molecule has 0 saturated carbocycles. The van der Waals surface area contributed by atoms with Crippen LogP contribution in [-0.2, 0) is 22.6 Å². The van der Waals surface area contributed by atoms with Crippen molar-refractivity contribution in [3.63, 3.8) is 0 Å². The predicted octanol–water partition coefficient (Wildman–Crippen LogP) is 4.94. The van der Waals surface area contributed by atoms with E-state index in [0.717, 1.165) is 17.8 Å². The molecular weight excluding hydrogens is 439 g/mol. The Morgan fingerprint density at radius 3 is 2.58 bits per heavy atom. The fourth-order valence-electron chi connectivity index (χ4n) is 3.37. The summed E-state index contributed by atoms with van der Waals surface area (Å²) in [5, 5.41) is 2.40. The first-order valence-electron chi connectivity index (χ1n) is 10.6. The standard InChI is InChI=1S/C25H23FN4O2S/c1-2-17-10-12-18(13-11-17)28-25-30(16-19-7-5-6-14-27-19)24(32)22(33-25)15-23(31)29-21-9-4-3-8-20(21)26/h3-14,22H,2,15-16H2,1H3,(H,29,31). The van der Waals surface area contributed by atoms with Gasteiger partial charge in [-0.05, 0) is 48.4 Å². The molecule has 1 N–H and O–H groups in total. The molecule has 2 heterocycles. The van der Waals surface area contributed by atoms with E-state index in [1.165, 1.54) is 29.5 Å². The first-order valence-corrected chi connectivity index (χ1v) is 11.5. The van der Waals surface area contributed by atoms with Gasteiger partial charge in [-0.15, -0.1) is 0 Å². The second-order valence-corrected chi connectivity index (χ2v) is 8.67. The van der Waals surface area contributed by atoms with Gasteiger partial charge in [0.15, 0.2) is 5.17 Å². The smallest absolute Gasteiger partial charge is 0.243 e. The number of amides is 2. The zero-order chi connectivity index (χ0) is 23.2. The maximum atomic E-state index is 13.9. The van der Waals surface area contributed by atoms with Crippen molar-refractivity contribution in [3.8, 4) is 0 Å². The van der Waals surface area contributed by atoms with Crippen molar-refractivity contribution in [1.29, 1.82) is 0 Å². The van der Waals surface area contributed by atoms with E-state index >= 15 is 0 Å². The topological polar surface area (TPSA) is 74.7 Å². The van der Waals surface area contributed by atoms with Crippen LogP contribution in [0.2, 0.25) is 0 Å². The number of aliphatic imine (C=N–C) groups is 1. The van der Waals surface area contributed by atoms with Crippen LogP contribution in [0.5, 0.6) is 0 Å². The molecule has 6 nitrogen and oxygen atoms in total. The predicted molar refractivity (Wildman–Crippen MR) is 129 cm³/mol. The van der Waals surface area contributed by atoms with Gasteiger partial charge in [0.25, 0.3) is 0 Å². The van der Waals surface area contributed by atoms with Gasteiger partial charge in [0, 0.05) is 12.6 Å². The molecule has 3 aromatic rings. The maximum absolute atomic E-state index is 13.9. The van der Waals surface area contributed by atoms with Gasteiger partial charge in [-0.2, -0.15) is 0 Å². The molecule has 168 valence electrons. The number of nitrogens with zero attached hydrogens (tertiary/aromatic N) is 3. The van der Waals surface area contributed by atoms with Crippen molar-refractivity contribution in [1.82, 2.24) is 9.88 Å². The number of aromatic nitrogens is 1. The molecule has 0 radical (unpaired) electrons. The largest absolute Gasteiger partial charge is 0.324 e. The summed E-state index contributed by atoms with van der Waals surface area (Å²) in [5.74, 6) is -1.18. The Kier molecular flexibility index (Phi) is 7.14. The fraction of sp³-hybridized carbons (Fsp3) is 0.200. The lowest BCUT2D eigenvalue weighted by Crippen LogP contribution is -2.33. The van der Waals surface area contributed by atoms with E-state index in [-0.39, 0.29) is 24.6 Å². The van der Waals surface area contributed by atoms with Gasteiger partial charge < -0.3 is 5.32 Å². The van der Waals surface area contributed by atoms with E-state index in [0.29, 0.717) is 5.17 Å². The third-order valence-corrected chi connectivity index (χ3v) is 6.33. The van der Waals surface area contributed by atoms with E-state index in [2.05, 4.69) is 22.2 Å². The van der Waals surface area contributed by atoms with E-state index < -0.39 is 17.0 Å². The summed E-state index contributed by atoms with van der Waals surface area (Å²) in [6, 6.07) is 19.3. The third-order valence-electron chi connectivity index (χ3n) is 5.15. The van der Waals surface area contributed by atoms with Gasteiger partial charge in [0.05, 0.1) is 23.6 Å². The lowest BCUT2D eigenvalue weighted by Gasteiger charge is -2.16. The zero-order valence-corrected chi connectivity index (χ0v) is 18.9. The van der Waals surface area contributed by atoms with E-state index in [1.54, 1.807) is 23.2 Å². The van der Waals surface area contributed by atoms with Crippen LogP contribution in [0.1, 0.15) is 24.6 Å². The van der Waals surface area contributed by atoms with Crippen LogP contribution in [0.15, 0.2) is 77.9 Å². The average Bonchev–Trinajstić information content (AvgIpc) is 3.10. The van der Waals surface area contributed by atoms with Crippen LogP contribution in [-0.4, -0.2) is 32.1 Å². The van der Waals surface area contributed by atoms with Gasteiger partial charge in [-0.25, -0.2) is 9.38 Å². The number of para-hydroxylation sites is 1. The molecule has 1 aromatic heterocycles. The minimum Gasteiger partial charge on any atom is -0.324 e. The van der Waals surface area contributed by atoms with Gasteiger partial charge in [-0.3, -0.25) is 19.5 Å². The van der Waals surface area contributed by atoms with Crippen LogP contribution in [0.3, 0.4) is 0 Å². The van der Waals surface area contributed by atoms with Crippen molar-refractivity contribution < 1.29 is 14.0 Å². The quantitative estimate of drug-likeness (QED) is 0.540. The average molecular weight is 463 g/mol. The number of halogens is 1. The molecule has 1 fully saturated rings. The number of nitrogens with one attached hydrogen (secondary N) is 1. The Balaban J connectivity index is 1.54. The number of thioether (sulfide) groups is 1. The number of carbonyl (C=O) groups is 2. The van der Waals surface area contributed by atoms with Crippen LogP contribution < -0.4 is 5.32 Å². The van der Waals surface area contributed by atoms with Crippen LogP contribution >= 0.6 is 11.8 Å². The number of benzene rings is 2. The summed E-state index contributed by atoms with van der Waals surface area (Å²) in [6.45, 7) is 2.34. The highest BCUT2D eigenvalue weighted by atomic mass is 32.2. The van der Waals surface area contributed by atoms with E-state index in [4.69, 9.17) is 0 Å². The number of hydrogen-bond donors (Lipinski definition) is 1. The highest BCUT2D eigenvalue weighted by Crippen LogP contribution is 2.33. The number of aryl methyl sites for hydroxylation is 1. The zero-order valence-electron chi connectivity index (χ0n) is 18.1. The summed E-state index contributed by atoms with van der Waals surface area (Å²) in [4.78, 5) is 36.3. The molecule has 0 aliphatic carbocycles. The van der Waals surface area contributed by atoms with Crippen molar-refractivity contribution in [2.45, 2.75) is 31.6 Å². The van der Waals surface area contributed by atoms with Crippen molar-refractivity contribution >= 4 is 40.1 Å². The number of rotatable bonds is 7. The Morgan fingerprint density at radius 1 is 1.12 bits per heavy atom. The normalized spacial score (nSPS) is 16.9. The molecule has 0 bridgehead atoms. The Labute approximate surface area is 195 Å². The molecule has 2 amide bonds. The van der Waals surface area contributed by atoms with Crippen molar-refractivity contribution in [2.75, 3.05) is 5.32 Å². The third kappa shape index (κ3) is 5.64. The molecule has 0 spiro atoms. The van der Waals surface area contributed by atoms with Gasteiger partial charge in [-0.1, -0.05) is 49.0 Å². The molecular formula is C25H23FN4O2S. The summed E-state index contributed by atoms with van der Waals surface area (Å²) in [5.41, 5.74) is 2.73. The SMILES string of the molecule is CCc1ccc(N=C2SC(CC(=O)Nc3ccccc3F)C(=O)N2Cc2ccccn2)cc1. The van der Waals surface area contributed by atoms with Crippen molar-refractivity contribution in [3.05, 3.63) is 90.0 Å². The van der Waals surface area contributed by atoms with E-state index in [9.17, 15) is 14.0 Å². The van der Waals surface area contributed by atoms with Crippen LogP contribution in [0.4, 0.5) is 15.8 Å². The summed E-state index contributed by atoms with van der Waals surface area (Å²) >= 11 is 1.24. The number of pyridine rings is 1. The molecule has 1 atom stereocenters. The molecule has 1 saturated heterocycles. The van der Waals surface area contributed by atoms with Gasteiger partial charge in [0.2, 0.25) is 11.8 Å². The van der Waals surface area contributed by atoms with Gasteiger partial charge >= 0.3 is 0 Å². The Hall–Kier alpha value is -3.52. The van der Waals surface area contributed by atoms with Gasteiger partial charge in [0.1, 0.15) is 11.1 Å². The summed E-state index contributed by atoms with van der Waals surface area (Å²) in [6.07, 6.45) is 2.50. The van der Waals surface area contributed by atoms with Crippen LogP contribution in [0, 0.1) is 5.82 Å². The summed E-state index contributed by atoms with van der Waals surface area (Å²) in [7, 11) is 0.